The summed E-state index contributed by atoms with van der Waals surface area (Å²) in [7, 11) is 2.81. The lowest BCUT2D eigenvalue weighted by Crippen LogP contribution is -2.02. The summed E-state index contributed by atoms with van der Waals surface area (Å²) in [6.07, 6.45) is 7.69. The number of allylic oxidation sites excluding steroid dienone is 1. The molecule has 0 aromatic carbocycles. The molecule has 8 heteroatoms. The number of hydrogen-bond donors (Lipinski definition) is 0. The van der Waals surface area contributed by atoms with Gasteiger partial charge in [0.25, 0.3) is 0 Å². The van der Waals surface area contributed by atoms with Crippen molar-refractivity contribution in [2.24, 2.45) is 0 Å². The average Bonchev–Trinajstić information content (AvgIpc) is 3.73. The Bertz CT molecular complexity index is 1690. The fourth-order valence-electron chi connectivity index (χ4n) is 5.31. The van der Waals surface area contributed by atoms with Crippen LogP contribution in [0.3, 0.4) is 0 Å². The van der Waals surface area contributed by atoms with E-state index < -0.39 is 0 Å². The summed E-state index contributed by atoms with van der Waals surface area (Å²) in [5.74, 6) is -0.512. The molecule has 0 saturated carbocycles. The summed E-state index contributed by atoms with van der Waals surface area (Å²) in [5.41, 5.74) is 9.47. The molecule has 2 aliphatic rings. The number of aromatic nitrogens is 4. The van der Waals surface area contributed by atoms with Gasteiger partial charge in [0, 0.05) is 48.0 Å². The van der Waals surface area contributed by atoms with E-state index in [1.807, 2.05) is 18.2 Å². The first-order chi connectivity index (χ1) is 19.4. The Morgan fingerprint density at radius 3 is 1.95 bits per heavy atom. The highest BCUT2D eigenvalue weighted by Crippen LogP contribution is 2.29. The third-order valence-corrected chi connectivity index (χ3v) is 7.33. The minimum Gasteiger partial charge on any atom is -0.469 e. The van der Waals surface area contributed by atoms with Gasteiger partial charge in [-0.3, -0.25) is 9.59 Å². The van der Waals surface area contributed by atoms with Crippen LogP contribution in [0.1, 0.15) is 61.4 Å². The second-order valence-corrected chi connectivity index (χ2v) is 9.77. The van der Waals surface area contributed by atoms with Gasteiger partial charge < -0.3 is 18.6 Å². The molecule has 5 rings (SSSR count). The van der Waals surface area contributed by atoms with E-state index in [-0.39, 0.29) is 24.8 Å². The van der Waals surface area contributed by atoms with Crippen molar-refractivity contribution in [2.75, 3.05) is 14.2 Å². The Balaban J connectivity index is 1.81. The number of esters is 2. The van der Waals surface area contributed by atoms with Gasteiger partial charge in [-0.05, 0) is 98.5 Å². The van der Waals surface area contributed by atoms with E-state index in [9.17, 15) is 9.59 Å². The Morgan fingerprint density at radius 2 is 1.32 bits per heavy atom. The van der Waals surface area contributed by atoms with Crippen molar-refractivity contribution in [1.29, 1.82) is 0 Å². The third kappa shape index (κ3) is 5.61. The number of aryl methyl sites for hydroxylation is 3. The van der Waals surface area contributed by atoms with Gasteiger partial charge in [0.05, 0.1) is 37.0 Å². The molecule has 0 amide bonds. The monoisotopic (exact) mass is 538 g/mol. The predicted molar refractivity (Wildman–Crippen MR) is 158 cm³/mol. The van der Waals surface area contributed by atoms with E-state index in [2.05, 4.69) is 65.4 Å². The van der Waals surface area contributed by atoms with Crippen LogP contribution in [0, 0.1) is 0 Å². The van der Waals surface area contributed by atoms with Crippen LogP contribution in [0.5, 0.6) is 0 Å². The molecular weight excluding hydrogens is 504 g/mol. The van der Waals surface area contributed by atoms with E-state index in [1.165, 1.54) is 14.2 Å². The van der Waals surface area contributed by atoms with Gasteiger partial charge >= 0.3 is 11.9 Å². The number of carbonyl (C=O) groups is 2. The van der Waals surface area contributed by atoms with Crippen molar-refractivity contribution in [2.45, 2.75) is 52.6 Å². The summed E-state index contributed by atoms with van der Waals surface area (Å²) in [5, 5.41) is 0. The summed E-state index contributed by atoms with van der Waals surface area (Å²) < 4.78 is 14.3. The smallest absolute Gasteiger partial charge is 0.305 e. The molecule has 0 N–H and O–H groups in total. The maximum atomic E-state index is 12.0. The zero-order chi connectivity index (χ0) is 28.2. The molecule has 0 saturated heterocycles. The van der Waals surface area contributed by atoms with Crippen molar-refractivity contribution in [1.82, 2.24) is 19.1 Å². The van der Waals surface area contributed by atoms with Gasteiger partial charge in [-0.1, -0.05) is 0 Å². The van der Waals surface area contributed by atoms with Crippen molar-refractivity contribution in [3.8, 4) is 0 Å². The van der Waals surface area contributed by atoms with Crippen LogP contribution >= 0.6 is 0 Å². The number of rotatable bonds is 8. The molecule has 40 heavy (non-hydrogen) atoms. The lowest BCUT2D eigenvalue weighted by atomic mass is 10.1. The topological polar surface area (TPSA) is 88.2 Å². The van der Waals surface area contributed by atoms with E-state index in [1.54, 1.807) is 0 Å². The number of carbonyl (C=O) groups excluding carboxylic acids is 2. The largest absolute Gasteiger partial charge is 0.469 e. The average molecular weight is 539 g/mol. The van der Waals surface area contributed by atoms with Gasteiger partial charge in [0.15, 0.2) is 0 Å². The first-order valence-electron chi connectivity index (χ1n) is 13.7. The minimum atomic E-state index is -0.259. The summed E-state index contributed by atoms with van der Waals surface area (Å²) >= 11 is 0. The molecule has 206 valence electrons. The summed E-state index contributed by atoms with van der Waals surface area (Å²) in [6, 6.07) is 14.6. The molecule has 8 nitrogen and oxygen atoms in total. The number of fused-ring (bicyclic) bond motifs is 8. The Kier molecular flexibility index (Phi) is 7.96. The van der Waals surface area contributed by atoms with Crippen LogP contribution in [0.25, 0.3) is 45.9 Å². The quantitative estimate of drug-likeness (QED) is 0.253. The van der Waals surface area contributed by atoms with Crippen LogP contribution < -0.4 is 0 Å². The predicted octanol–water partition coefficient (Wildman–Crippen LogP) is 6.07. The molecule has 0 fully saturated rings. The second-order valence-electron chi connectivity index (χ2n) is 9.77. The molecule has 0 radical (unpaired) electrons. The molecule has 8 bridgehead atoms. The molecular formula is C32H34N4O4. The number of hydrogen-bond acceptors (Lipinski definition) is 6. The van der Waals surface area contributed by atoms with E-state index in [0.29, 0.717) is 12.8 Å². The highest BCUT2D eigenvalue weighted by Gasteiger charge is 2.16. The maximum absolute atomic E-state index is 12.0. The molecule has 0 aliphatic carbocycles. The molecule has 0 atom stereocenters. The van der Waals surface area contributed by atoms with Gasteiger partial charge in [-0.2, -0.15) is 0 Å². The Morgan fingerprint density at radius 1 is 0.725 bits per heavy atom. The summed E-state index contributed by atoms with van der Waals surface area (Å²) in [6.45, 7) is 5.74. The lowest BCUT2D eigenvalue weighted by Gasteiger charge is -2.06. The highest BCUT2D eigenvalue weighted by atomic mass is 16.5. The normalized spacial score (nSPS) is 12.3. The first-order valence-corrected chi connectivity index (χ1v) is 13.7. The number of methoxy groups -OCH3 is 2. The van der Waals surface area contributed by atoms with Crippen LogP contribution in [-0.2, 0) is 38.6 Å². The van der Waals surface area contributed by atoms with Crippen LogP contribution in [0.15, 0.2) is 42.5 Å². The molecule has 2 aliphatic heterocycles. The van der Waals surface area contributed by atoms with Gasteiger partial charge in [0.2, 0.25) is 0 Å². The Hall–Kier alpha value is -4.46. The Labute approximate surface area is 233 Å². The lowest BCUT2D eigenvalue weighted by molar-refractivity contribution is -0.141. The number of nitrogens with zero attached hydrogens (tertiary/aromatic N) is 4. The summed E-state index contributed by atoms with van der Waals surface area (Å²) in [4.78, 5) is 33.9. The van der Waals surface area contributed by atoms with Crippen molar-refractivity contribution in [3.63, 3.8) is 0 Å². The highest BCUT2D eigenvalue weighted by molar-refractivity contribution is 5.87. The molecule has 5 heterocycles. The molecule has 3 aromatic rings. The van der Waals surface area contributed by atoms with Crippen molar-refractivity contribution >= 4 is 57.8 Å². The standard InChI is InChI=1S/C32H34N4O4/c1-5-35-26-11-12-27(35)19-25-15-21(7-13-31(37)39-3)29(34-25)20-30-22(8-14-32(38)40-4)16-28(36(30)6-2)18-24-10-9-23(17-26)33-24/h9-12,15-20H,5-8,13-14H2,1-4H3. The maximum Gasteiger partial charge on any atom is 0.305 e. The number of ether oxygens (including phenoxy) is 2. The van der Waals surface area contributed by atoms with E-state index in [4.69, 9.17) is 19.4 Å². The minimum absolute atomic E-state index is 0.253. The molecule has 3 aromatic heterocycles. The zero-order valence-corrected chi connectivity index (χ0v) is 23.4. The van der Waals surface area contributed by atoms with E-state index >= 15 is 0 Å². The van der Waals surface area contributed by atoms with Crippen molar-refractivity contribution < 1.29 is 19.1 Å². The van der Waals surface area contributed by atoms with Gasteiger partial charge in [0.1, 0.15) is 0 Å². The second kappa shape index (κ2) is 11.7. The van der Waals surface area contributed by atoms with Crippen molar-refractivity contribution in [3.05, 3.63) is 70.8 Å². The third-order valence-electron chi connectivity index (χ3n) is 7.33. The van der Waals surface area contributed by atoms with Crippen LogP contribution in [-0.4, -0.2) is 45.3 Å². The van der Waals surface area contributed by atoms with Crippen LogP contribution in [0.4, 0.5) is 0 Å². The van der Waals surface area contributed by atoms with Gasteiger partial charge in [-0.15, -0.1) is 0 Å². The zero-order valence-electron chi connectivity index (χ0n) is 23.4. The fraction of sp³-hybridized carbons (Fsp3) is 0.312. The SMILES string of the molecule is CCn1c2ccc1cc1nc(cc3c(CCC(=O)OC)cc(cc4nc(c2)C=C4)n3CC)C(CCC(=O)OC)=C1. The van der Waals surface area contributed by atoms with Gasteiger partial charge in [-0.25, -0.2) is 9.97 Å². The molecule has 0 unspecified atom stereocenters. The van der Waals surface area contributed by atoms with E-state index in [0.717, 1.165) is 69.1 Å². The molecule has 0 spiro atoms. The van der Waals surface area contributed by atoms with Crippen LogP contribution in [0.2, 0.25) is 0 Å². The fourth-order valence-corrected chi connectivity index (χ4v) is 5.31. The first kappa shape index (κ1) is 27.1.